The fraction of sp³-hybridized carbons (Fsp3) is 0.286. The number of benzene rings is 1. The van der Waals surface area contributed by atoms with Gasteiger partial charge in [0.2, 0.25) is 5.91 Å². The third kappa shape index (κ3) is 4.23. The SMILES string of the molecule is Cc1nc(SC(C)C(=O)Nc2ccc([N+](=O)[O-])cc2Cl)oc1C. The Labute approximate surface area is 141 Å². The van der Waals surface area contributed by atoms with Crippen LogP contribution in [0.4, 0.5) is 11.4 Å². The topological polar surface area (TPSA) is 98.3 Å². The van der Waals surface area contributed by atoms with Crippen LogP contribution in [0, 0.1) is 24.0 Å². The van der Waals surface area contributed by atoms with Gasteiger partial charge in [0.15, 0.2) is 0 Å². The van der Waals surface area contributed by atoms with E-state index in [0.717, 1.165) is 5.69 Å². The van der Waals surface area contributed by atoms with Gasteiger partial charge in [0, 0.05) is 12.1 Å². The molecule has 1 atom stereocenters. The maximum atomic E-state index is 12.2. The maximum Gasteiger partial charge on any atom is 0.271 e. The minimum atomic E-state index is -0.552. The predicted molar refractivity (Wildman–Crippen MR) is 88.0 cm³/mol. The van der Waals surface area contributed by atoms with Crippen molar-refractivity contribution in [3.8, 4) is 0 Å². The summed E-state index contributed by atoms with van der Waals surface area (Å²) in [5, 5.41) is 13.3. The number of aryl methyl sites for hydroxylation is 2. The molecule has 1 aromatic heterocycles. The van der Waals surface area contributed by atoms with Crippen LogP contribution in [0.2, 0.25) is 5.02 Å². The first-order valence-corrected chi connectivity index (χ1v) is 7.89. The summed E-state index contributed by atoms with van der Waals surface area (Å²) in [6.07, 6.45) is 0. The van der Waals surface area contributed by atoms with Gasteiger partial charge in [-0.25, -0.2) is 4.98 Å². The van der Waals surface area contributed by atoms with E-state index in [1.165, 1.54) is 30.0 Å². The fourth-order valence-corrected chi connectivity index (χ4v) is 2.70. The molecule has 0 saturated carbocycles. The van der Waals surface area contributed by atoms with Gasteiger partial charge in [-0.3, -0.25) is 14.9 Å². The van der Waals surface area contributed by atoms with E-state index in [9.17, 15) is 14.9 Å². The second-order valence-electron chi connectivity index (χ2n) is 4.79. The molecule has 7 nitrogen and oxygen atoms in total. The van der Waals surface area contributed by atoms with Gasteiger partial charge >= 0.3 is 0 Å². The van der Waals surface area contributed by atoms with Crippen LogP contribution in [0.5, 0.6) is 0 Å². The minimum absolute atomic E-state index is 0.104. The van der Waals surface area contributed by atoms with Gasteiger partial charge in [0.25, 0.3) is 10.9 Å². The molecule has 1 heterocycles. The number of thioether (sulfide) groups is 1. The standard InChI is InChI=1S/C14H14ClN3O4S/c1-7-8(2)22-14(16-7)23-9(3)13(19)17-12-5-4-10(18(20)21)6-11(12)15/h4-6,9H,1-3H3,(H,17,19). The molecule has 0 aliphatic heterocycles. The summed E-state index contributed by atoms with van der Waals surface area (Å²) in [4.78, 5) is 26.5. The van der Waals surface area contributed by atoms with Gasteiger partial charge in [-0.15, -0.1) is 0 Å². The smallest absolute Gasteiger partial charge is 0.271 e. The van der Waals surface area contributed by atoms with E-state index >= 15 is 0 Å². The van der Waals surface area contributed by atoms with Gasteiger partial charge in [-0.05, 0) is 26.8 Å². The molecule has 1 unspecified atom stereocenters. The molecular weight excluding hydrogens is 342 g/mol. The van der Waals surface area contributed by atoms with Crippen molar-refractivity contribution < 1.29 is 14.1 Å². The summed E-state index contributed by atoms with van der Waals surface area (Å²) in [7, 11) is 0. The monoisotopic (exact) mass is 355 g/mol. The van der Waals surface area contributed by atoms with E-state index in [2.05, 4.69) is 10.3 Å². The summed E-state index contributed by atoms with van der Waals surface area (Å²) in [5.74, 6) is 0.401. The third-order valence-electron chi connectivity index (χ3n) is 3.08. The van der Waals surface area contributed by atoms with Crippen molar-refractivity contribution in [3.05, 3.63) is 44.8 Å². The first kappa shape index (κ1) is 17.3. The second-order valence-corrected chi connectivity index (χ2v) is 6.49. The Hall–Kier alpha value is -2.06. The van der Waals surface area contributed by atoms with Gasteiger partial charge < -0.3 is 9.73 Å². The number of carbonyl (C=O) groups is 1. The van der Waals surface area contributed by atoms with Crippen molar-refractivity contribution in [2.24, 2.45) is 0 Å². The summed E-state index contributed by atoms with van der Waals surface area (Å²) >= 11 is 7.13. The van der Waals surface area contributed by atoms with Crippen LogP contribution in [0.25, 0.3) is 0 Å². The number of amides is 1. The van der Waals surface area contributed by atoms with Gasteiger partial charge in [-0.1, -0.05) is 23.4 Å². The Kier molecular flexibility index (Phi) is 5.27. The van der Waals surface area contributed by atoms with Gasteiger partial charge in [-0.2, -0.15) is 0 Å². The molecule has 0 fully saturated rings. The van der Waals surface area contributed by atoms with E-state index in [0.29, 0.717) is 16.7 Å². The quantitative estimate of drug-likeness (QED) is 0.495. The van der Waals surface area contributed by atoms with Crippen molar-refractivity contribution in [1.29, 1.82) is 0 Å². The van der Waals surface area contributed by atoms with E-state index in [1.807, 2.05) is 6.92 Å². The Balaban J connectivity index is 2.04. The number of carbonyl (C=O) groups excluding carboxylic acids is 1. The molecule has 122 valence electrons. The zero-order valence-corrected chi connectivity index (χ0v) is 14.2. The van der Waals surface area contributed by atoms with Gasteiger partial charge in [0.05, 0.1) is 26.6 Å². The van der Waals surface area contributed by atoms with Gasteiger partial charge in [0.1, 0.15) is 5.76 Å². The lowest BCUT2D eigenvalue weighted by Gasteiger charge is -2.11. The Morgan fingerprint density at radius 1 is 1.48 bits per heavy atom. The zero-order chi connectivity index (χ0) is 17.1. The van der Waals surface area contributed by atoms with Crippen molar-refractivity contribution in [3.63, 3.8) is 0 Å². The lowest BCUT2D eigenvalue weighted by Crippen LogP contribution is -2.22. The molecule has 0 saturated heterocycles. The van der Waals surface area contributed by atoms with Crippen molar-refractivity contribution in [2.45, 2.75) is 31.2 Å². The largest absolute Gasteiger partial charge is 0.437 e. The van der Waals surface area contributed by atoms with E-state index in [-0.39, 0.29) is 16.6 Å². The number of aromatic nitrogens is 1. The molecule has 0 aliphatic carbocycles. The van der Waals surface area contributed by atoms with E-state index in [1.54, 1.807) is 13.8 Å². The number of nitrogens with zero attached hydrogens (tertiary/aromatic N) is 2. The highest BCUT2D eigenvalue weighted by atomic mass is 35.5. The molecule has 0 spiro atoms. The normalized spacial score (nSPS) is 12.0. The number of nitrogens with one attached hydrogen (secondary N) is 1. The van der Waals surface area contributed by atoms with Crippen molar-refractivity contribution in [1.82, 2.24) is 4.98 Å². The molecular formula is C14H14ClN3O4S. The number of nitro groups is 1. The molecule has 0 radical (unpaired) electrons. The highest BCUT2D eigenvalue weighted by Gasteiger charge is 2.20. The average Bonchev–Trinajstić information content (AvgIpc) is 2.78. The second kappa shape index (κ2) is 7.01. The molecule has 0 aliphatic rings. The number of hydrogen-bond donors (Lipinski definition) is 1. The Morgan fingerprint density at radius 2 is 2.17 bits per heavy atom. The minimum Gasteiger partial charge on any atom is -0.437 e. The van der Waals surface area contributed by atoms with Crippen LogP contribution in [-0.2, 0) is 4.79 Å². The molecule has 0 bridgehead atoms. The first-order valence-electron chi connectivity index (χ1n) is 6.63. The van der Waals surface area contributed by atoms with E-state index < -0.39 is 10.2 Å². The fourth-order valence-electron chi connectivity index (χ4n) is 1.65. The molecule has 9 heteroatoms. The van der Waals surface area contributed by atoms with Crippen LogP contribution in [0.3, 0.4) is 0 Å². The lowest BCUT2D eigenvalue weighted by atomic mass is 10.2. The predicted octanol–water partition coefficient (Wildman–Crippen LogP) is 3.97. The summed E-state index contributed by atoms with van der Waals surface area (Å²) in [5.41, 5.74) is 0.953. The van der Waals surface area contributed by atoms with Crippen LogP contribution >= 0.6 is 23.4 Å². The van der Waals surface area contributed by atoms with Crippen LogP contribution in [0.1, 0.15) is 18.4 Å². The number of nitro benzene ring substituents is 1. The molecule has 23 heavy (non-hydrogen) atoms. The maximum absolute atomic E-state index is 12.2. The number of non-ortho nitro benzene ring substituents is 1. The Morgan fingerprint density at radius 3 is 2.70 bits per heavy atom. The third-order valence-corrected chi connectivity index (χ3v) is 4.33. The highest BCUT2D eigenvalue weighted by Crippen LogP contribution is 2.29. The number of halogens is 1. The molecule has 1 aromatic carbocycles. The number of anilines is 1. The van der Waals surface area contributed by atoms with Crippen molar-refractivity contribution >= 4 is 40.6 Å². The highest BCUT2D eigenvalue weighted by molar-refractivity contribution is 8.00. The zero-order valence-electron chi connectivity index (χ0n) is 12.6. The molecule has 2 rings (SSSR count). The average molecular weight is 356 g/mol. The molecule has 1 N–H and O–H groups in total. The lowest BCUT2D eigenvalue weighted by molar-refractivity contribution is -0.384. The summed E-state index contributed by atoms with van der Waals surface area (Å²) in [6.45, 7) is 5.33. The van der Waals surface area contributed by atoms with E-state index in [4.69, 9.17) is 16.0 Å². The van der Waals surface area contributed by atoms with Crippen LogP contribution < -0.4 is 5.32 Å². The number of rotatable bonds is 5. The van der Waals surface area contributed by atoms with Crippen LogP contribution in [-0.4, -0.2) is 21.1 Å². The summed E-state index contributed by atoms with van der Waals surface area (Å²) in [6, 6.07) is 3.87. The number of hydrogen-bond acceptors (Lipinski definition) is 6. The van der Waals surface area contributed by atoms with Crippen molar-refractivity contribution in [2.75, 3.05) is 5.32 Å². The summed E-state index contributed by atoms with van der Waals surface area (Å²) < 4.78 is 5.42. The number of oxazole rings is 1. The Bertz CT molecular complexity index is 743. The molecule has 1 amide bonds. The first-order chi connectivity index (χ1) is 10.8. The molecule has 2 aromatic rings. The van der Waals surface area contributed by atoms with Crippen LogP contribution in [0.15, 0.2) is 27.8 Å².